The quantitative estimate of drug-likeness (QED) is 0.416. The van der Waals surface area contributed by atoms with Gasteiger partial charge in [0.2, 0.25) is 5.95 Å². The first-order valence-corrected chi connectivity index (χ1v) is 10.3. The van der Waals surface area contributed by atoms with E-state index in [1.807, 2.05) is 54.6 Å². The third-order valence-corrected chi connectivity index (χ3v) is 5.06. The van der Waals surface area contributed by atoms with Crippen molar-refractivity contribution in [1.29, 1.82) is 0 Å². The Bertz CT molecular complexity index is 1170. The van der Waals surface area contributed by atoms with Gasteiger partial charge in [-0.3, -0.25) is 9.36 Å². The van der Waals surface area contributed by atoms with E-state index in [0.717, 1.165) is 28.9 Å². The summed E-state index contributed by atoms with van der Waals surface area (Å²) in [6.07, 6.45) is 3.05. The summed E-state index contributed by atoms with van der Waals surface area (Å²) in [7, 11) is 0. The summed E-state index contributed by atoms with van der Waals surface area (Å²) in [5.74, 6) is 1.05. The molecule has 2 aromatic carbocycles. The molecule has 2 N–H and O–H groups in total. The average Bonchev–Trinajstić information content (AvgIpc) is 3.33. The lowest BCUT2D eigenvalue weighted by molar-refractivity contribution is 0.112. The number of anilines is 1. The average molecular weight is 415 g/mol. The second-order valence-electron chi connectivity index (χ2n) is 7.31. The molecule has 0 radical (unpaired) electrons. The Hall–Kier alpha value is -3.64. The molecule has 2 heterocycles. The predicted octanol–water partition coefficient (Wildman–Crippen LogP) is 4.09. The molecule has 0 aliphatic rings. The maximum atomic E-state index is 12.5. The molecule has 0 unspecified atom stereocenters. The van der Waals surface area contributed by atoms with Crippen LogP contribution in [0.2, 0.25) is 0 Å². The lowest BCUT2D eigenvalue weighted by Crippen LogP contribution is -2.26. The van der Waals surface area contributed by atoms with Crippen molar-refractivity contribution < 1.29 is 9.15 Å². The maximum absolute atomic E-state index is 12.5. The van der Waals surface area contributed by atoms with Gasteiger partial charge in [-0.2, -0.15) is 0 Å². The Morgan fingerprint density at radius 1 is 0.935 bits per heavy atom. The van der Waals surface area contributed by atoms with Crippen LogP contribution in [-0.4, -0.2) is 16.2 Å². The molecule has 158 valence electrons. The second-order valence-corrected chi connectivity index (χ2v) is 7.31. The van der Waals surface area contributed by atoms with Crippen molar-refractivity contribution in [1.82, 2.24) is 9.55 Å². The van der Waals surface area contributed by atoms with Crippen molar-refractivity contribution >= 4 is 5.95 Å². The molecule has 0 spiro atoms. The molecule has 4 rings (SSSR count). The van der Waals surface area contributed by atoms with Crippen LogP contribution in [0.25, 0.3) is 11.3 Å². The molecule has 0 aliphatic carbocycles. The molecule has 0 bridgehead atoms. The number of aromatic nitrogens is 2. The lowest BCUT2D eigenvalue weighted by atomic mass is 10.0. The number of nitrogens with two attached hydrogens (primary N) is 1. The Labute approximate surface area is 180 Å². The molecule has 6 heteroatoms. The third kappa shape index (κ3) is 5.49. The molecule has 2 aromatic heterocycles. The van der Waals surface area contributed by atoms with Crippen LogP contribution in [0.4, 0.5) is 5.95 Å². The van der Waals surface area contributed by atoms with Crippen LogP contribution in [0.15, 0.2) is 88.3 Å². The highest BCUT2D eigenvalue weighted by molar-refractivity contribution is 5.58. The zero-order valence-corrected chi connectivity index (χ0v) is 17.2. The van der Waals surface area contributed by atoms with E-state index in [4.69, 9.17) is 14.9 Å². The van der Waals surface area contributed by atoms with E-state index < -0.39 is 0 Å². The fourth-order valence-corrected chi connectivity index (χ4v) is 3.44. The van der Waals surface area contributed by atoms with Crippen molar-refractivity contribution in [2.75, 3.05) is 12.3 Å². The molecule has 0 saturated heterocycles. The van der Waals surface area contributed by atoms with Crippen LogP contribution in [0.5, 0.6) is 0 Å². The zero-order chi connectivity index (χ0) is 21.5. The number of ether oxygens (including phenoxy) is 1. The molecule has 0 fully saturated rings. The second kappa shape index (κ2) is 9.91. The van der Waals surface area contributed by atoms with Gasteiger partial charge in [0, 0.05) is 11.6 Å². The SMILES string of the molecule is Nc1nc(CCc2cccc(-c3ccco3)c2)cc(=O)n1CCOCc1ccccc1. The normalized spacial score (nSPS) is 11.0. The molecular weight excluding hydrogens is 390 g/mol. The van der Waals surface area contributed by atoms with Gasteiger partial charge in [0.15, 0.2) is 0 Å². The largest absolute Gasteiger partial charge is 0.464 e. The highest BCUT2D eigenvalue weighted by atomic mass is 16.5. The summed E-state index contributed by atoms with van der Waals surface area (Å²) in [5, 5.41) is 0. The van der Waals surface area contributed by atoms with Crippen LogP contribution in [0.1, 0.15) is 16.8 Å². The monoisotopic (exact) mass is 415 g/mol. The Kier molecular flexibility index (Phi) is 6.59. The number of benzene rings is 2. The fourth-order valence-electron chi connectivity index (χ4n) is 3.44. The number of hydrogen-bond acceptors (Lipinski definition) is 5. The summed E-state index contributed by atoms with van der Waals surface area (Å²) in [4.78, 5) is 16.9. The topological polar surface area (TPSA) is 83.3 Å². The molecule has 0 aliphatic heterocycles. The van der Waals surface area contributed by atoms with Crippen LogP contribution in [0, 0.1) is 0 Å². The first kappa shape index (κ1) is 20.6. The van der Waals surface area contributed by atoms with E-state index in [1.54, 1.807) is 12.3 Å². The van der Waals surface area contributed by atoms with E-state index in [0.29, 0.717) is 31.9 Å². The van der Waals surface area contributed by atoms with E-state index in [9.17, 15) is 4.79 Å². The Morgan fingerprint density at radius 3 is 2.55 bits per heavy atom. The van der Waals surface area contributed by atoms with E-state index in [1.165, 1.54) is 4.57 Å². The molecule has 4 aromatic rings. The number of aryl methyl sites for hydroxylation is 2. The summed E-state index contributed by atoms with van der Waals surface area (Å²) in [6.45, 7) is 1.26. The van der Waals surface area contributed by atoms with Gasteiger partial charge >= 0.3 is 0 Å². The van der Waals surface area contributed by atoms with Gasteiger partial charge in [0.25, 0.3) is 5.56 Å². The van der Waals surface area contributed by atoms with E-state index in [2.05, 4.69) is 17.1 Å². The summed E-state index contributed by atoms with van der Waals surface area (Å²) >= 11 is 0. The molecule has 0 amide bonds. The standard InChI is InChI=1S/C25H25N3O3/c26-25-27-22(12-11-19-8-4-9-21(16-19)23-10-5-14-31-23)17-24(29)28(25)13-15-30-18-20-6-2-1-3-7-20/h1-10,14,16-17H,11-13,15,18H2,(H2,26,27). The van der Waals surface area contributed by atoms with E-state index >= 15 is 0 Å². The van der Waals surface area contributed by atoms with Crippen LogP contribution >= 0.6 is 0 Å². The number of rotatable bonds is 9. The molecule has 31 heavy (non-hydrogen) atoms. The van der Waals surface area contributed by atoms with Gasteiger partial charge < -0.3 is 14.9 Å². The van der Waals surface area contributed by atoms with Crippen LogP contribution in [-0.2, 0) is 30.7 Å². The van der Waals surface area contributed by atoms with Gasteiger partial charge in [0.05, 0.1) is 31.7 Å². The Balaban J connectivity index is 1.34. The number of hydrogen-bond donors (Lipinski definition) is 1. The zero-order valence-electron chi connectivity index (χ0n) is 17.2. The number of furan rings is 1. The van der Waals surface area contributed by atoms with E-state index in [-0.39, 0.29) is 11.5 Å². The van der Waals surface area contributed by atoms with Gasteiger partial charge in [-0.05, 0) is 42.2 Å². The van der Waals surface area contributed by atoms with Gasteiger partial charge in [0.1, 0.15) is 5.76 Å². The molecule has 0 atom stereocenters. The predicted molar refractivity (Wildman–Crippen MR) is 121 cm³/mol. The molecular formula is C25H25N3O3. The minimum atomic E-state index is -0.157. The fraction of sp³-hybridized carbons (Fsp3) is 0.200. The van der Waals surface area contributed by atoms with Crippen molar-refractivity contribution in [3.63, 3.8) is 0 Å². The first-order chi connectivity index (χ1) is 15.2. The summed E-state index contributed by atoms with van der Waals surface area (Å²) in [5.41, 5.74) is 9.85. The van der Waals surface area contributed by atoms with Crippen LogP contribution < -0.4 is 11.3 Å². The molecule has 6 nitrogen and oxygen atoms in total. The minimum Gasteiger partial charge on any atom is -0.464 e. The maximum Gasteiger partial charge on any atom is 0.255 e. The van der Waals surface area contributed by atoms with Crippen molar-refractivity contribution in [2.45, 2.75) is 26.0 Å². The minimum absolute atomic E-state index is 0.157. The van der Waals surface area contributed by atoms with Crippen molar-refractivity contribution in [3.8, 4) is 11.3 Å². The Morgan fingerprint density at radius 2 is 1.77 bits per heavy atom. The summed E-state index contributed by atoms with van der Waals surface area (Å²) < 4.78 is 12.6. The van der Waals surface area contributed by atoms with Gasteiger partial charge in [-0.25, -0.2) is 4.98 Å². The van der Waals surface area contributed by atoms with Crippen LogP contribution in [0.3, 0.4) is 0 Å². The molecule has 0 saturated carbocycles. The lowest BCUT2D eigenvalue weighted by Gasteiger charge is -2.11. The van der Waals surface area contributed by atoms with Gasteiger partial charge in [-0.15, -0.1) is 0 Å². The van der Waals surface area contributed by atoms with Gasteiger partial charge in [-0.1, -0.05) is 48.5 Å². The first-order valence-electron chi connectivity index (χ1n) is 10.3. The number of nitrogen functional groups attached to an aromatic ring is 1. The third-order valence-electron chi connectivity index (χ3n) is 5.06. The van der Waals surface area contributed by atoms with Crippen molar-refractivity contribution in [2.24, 2.45) is 0 Å². The summed E-state index contributed by atoms with van der Waals surface area (Å²) in [6, 6.07) is 23.4. The van der Waals surface area contributed by atoms with Crippen molar-refractivity contribution in [3.05, 3.63) is 106 Å². The highest BCUT2D eigenvalue weighted by Gasteiger charge is 2.08. The number of nitrogens with zero attached hydrogens (tertiary/aromatic N) is 2. The smallest absolute Gasteiger partial charge is 0.255 e. The highest BCUT2D eigenvalue weighted by Crippen LogP contribution is 2.21.